The zero-order valence-corrected chi connectivity index (χ0v) is 17.5. The summed E-state index contributed by atoms with van der Waals surface area (Å²) in [6.07, 6.45) is 5.39. The quantitative estimate of drug-likeness (QED) is 0.611. The second-order valence-electron chi connectivity index (χ2n) is 6.21. The van der Waals surface area contributed by atoms with E-state index in [0.717, 1.165) is 25.7 Å². The molecule has 146 valence electrons. The molecule has 3 rings (SSSR count). The minimum Gasteiger partial charge on any atom is -0.505 e. The van der Waals surface area contributed by atoms with Crippen LogP contribution >= 0.6 is 27.5 Å². The number of imidazole rings is 1. The van der Waals surface area contributed by atoms with Gasteiger partial charge in [0.2, 0.25) is 5.82 Å². The lowest BCUT2D eigenvalue weighted by Crippen LogP contribution is -2.24. The zero-order chi connectivity index (χ0) is 19.8. The van der Waals surface area contributed by atoms with Crippen LogP contribution in [0.25, 0.3) is 0 Å². The van der Waals surface area contributed by atoms with E-state index in [4.69, 9.17) is 11.6 Å². The van der Waals surface area contributed by atoms with E-state index in [-0.39, 0.29) is 22.7 Å². The lowest BCUT2D eigenvalue weighted by molar-refractivity contribution is 0.0946. The minimum atomic E-state index is -4.17. The monoisotopic (exact) mass is 476 g/mol. The Morgan fingerprint density at radius 3 is 2.67 bits per heavy atom. The summed E-state index contributed by atoms with van der Waals surface area (Å²) in [6, 6.07) is 2.71. The van der Waals surface area contributed by atoms with Crippen LogP contribution in [0, 0.1) is 0 Å². The number of anilines is 1. The van der Waals surface area contributed by atoms with Crippen molar-refractivity contribution in [1.82, 2.24) is 14.9 Å². The number of aromatic nitrogens is 2. The van der Waals surface area contributed by atoms with Crippen LogP contribution in [0.4, 0.5) is 5.82 Å². The molecule has 1 aliphatic rings. The molecule has 27 heavy (non-hydrogen) atoms. The summed E-state index contributed by atoms with van der Waals surface area (Å²) in [5.41, 5.74) is 0. The van der Waals surface area contributed by atoms with E-state index in [1.165, 1.54) is 25.4 Å². The third-order valence-electron chi connectivity index (χ3n) is 4.40. The van der Waals surface area contributed by atoms with E-state index < -0.39 is 26.6 Å². The number of phenolic OH excluding ortho intramolecular Hbond substituents is 1. The molecule has 0 spiro atoms. The maximum Gasteiger partial charge on any atom is 0.287 e. The summed E-state index contributed by atoms with van der Waals surface area (Å²) in [4.78, 5) is 15.9. The number of carbonyl (C=O) groups is 1. The highest BCUT2D eigenvalue weighted by Crippen LogP contribution is 2.36. The van der Waals surface area contributed by atoms with Crippen molar-refractivity contribution >= 4 is 49.3 Å². The summed E-state index contributed by atoms with van der Waals surface area (Å²) in [5.74, 6) is -0.829. The summed E-state index contributed by atoms with van der Waals surface area (Å²) in [5, 5.41) is 12.4. The molecule has 1 fully saturated rings. The molecule has 1 aromatic heterocycles. The number of hydrogen-bond acceptors (Lipinski definition) is 5. The van der Waals surface area contributed by atoms with E-state index in [1.807, 2.05) is 0 Å². The molecule has 3 N–H and O–H groups in total. The van der Waals surface area contributed by atoms with Crippen molar-refractivity contribution in [2.24, 2.45) is 0 Å². The van der Waals surface area contributed by atoms with Crippen LogP contribution in [0.1, 0.15) is 42.3 Å². The number of sulfonamides is 1. The van der Waals surface area contributed by atoms with Gasteiger partial charge in [-0.15, -0.1) is 0 Å². The van der Waals surface area contributed by atoms with Gasteiger partial charge in [0.25, 0.3) is 15.9 Å². The van der Waals surface area contributed by atoms with Crippen LogP contribution in [0.5, 0.6) is 5.75 Å². The van der Waals surface area contributed by atoms with Gasteiger partial charge < -0.3 is 15.0 Å². The van der Waals surface area contributed by atoms with Gasteiger partial charge in [-0.05, 0) is 25.0 Å². The van der Waals surface area contributed by atoms with Crippen molar-refractivity contribution in [3.05, 3.63) is 33.6 Å². The van der Waals surface area contributed by atoms with Crippen molar-refractivity contribution < 1.29 is 18.3 Å². The third kappa shape index (κ3) is 4.07. The number of amides is 1. The van der Waals surface area contributed by atoms with Crippen molar-refractivity contribution in [3.8, 4) is 5.75 Å². The highest BCUT2D eigenvalue weighted by molar-refractivity contribution is 9.10. The molecular weight excluding hydrogens is 460 g/mol. The molecule has 1 heterocycles. The first-order valence-corrected chi connectivity index (χ1v) is 10.9. The number of hydrogen-bond donors (Lipinski definition) is 3. The third-order valence-corrected chi connectivity index (χ3v) is 6.52. The van der Waals surface area contributed by atoms with Crippen LogP contribution in [-0.4, -0.2) is 36.0 Å². The Morgan fingerprint density at radius 2 is 2.04 bits per heavy atom. The molecule has 1 amide bonds. The Balaban J connectivity index is 1.99. The Morgan fingerprint density at radius 1 is 1.37 bits per heavy atom. The molecule has 8 nitrogen and oxygen atoms in total. The molecule has 0 saturated heterocycles. The lowest BCUT2D eigenvalue weighted by atomic mass is 10.2. The lowest BCUT2D eigenvalue weighted by Gasteiger charge is -2.13. The van der Waals surface area contributed by atoms with E-state index >= 15 is 0 Å². The summed E-state index contributed by atoms with van der Waals surface area (Å²) < 4.78 is 29.8. The number of phenols is 1. The molecular formula is C16H18BrClN4O4S. The van der Waals surface area contributed by atoms with Gasteiger partial charge in [-0.1, -0.05) is 40.4 Å². The normalized spacial score (nSPS) is 15.1. The molecule has 2 aromatic rings. The molecule has 11 heteroatoms. The van der Waals surface area contributed by atoms with Crippen LogP contribution in [0.3, 0.4) is 0 Å². The first-order valence-electron chi connectivity index (χ1n) is 8.24. The standard InChI is InChI=1S/C16H18BrClN4O4S/c1-19-16(24)15-20-13(8-22(15)10-4-2-3-5-10)21-27(25,26)12-7-9(17)6-11(18)14(12)23/h6-8,10,21,23H,2-5H2,1H3,(H,19,24). The fourth-order valence-electron chi connectivity index (χ4n) is 3.12. The van der Waals surface area contributed by atoms with Gasteiger partial charge in [-0.25, -0.2) is 13.4 Å². The number of benzene rings is 1. The Hall–Kier alpha value is -1.78. The largest absolute Gasteiger partial charge is 0.505 e. The maximum atomic E-state index is 12.7. The van der Waals surface area contributed by atoms with Crippen molar-refractivity contribution in [3.63, 3.8) is 0 Å². The van der Waals surface area contributed by atoms with Gasteiger partial charge in [0.15, 0.2) is 11.6 Å². The average Bonchev–Trinajstić information content (AvgIpc) is 3.26. The van der Waals surface area contributed by atoms with Gasteiger partial charge in [-0.2, -0.15) is 0 Å². The zero-order valence-electron chi connectivity index (χ0n) is 14.4. The molecule has 1 aromatic carbocycles. The highest BCUT2D eigenvalue weighted by atomic mass is 79.9. The van der Waals surface area contributed by atoms with E-state index in [0.29, 0.717) is 4.47 Å². The highest BCUT2D eigenvalue weighted by Gasteiger charge is 2.27. The SMILES string of the molecule is CNC(=O)c1nc(NS(=O)(=O)c2cc(Br)cc(Cl)c2O)cn1C1CCCC1. The Labute approximate surface area is 170 Å². The first kappa shape index (κ1) is 20.0. The molecule has 0 radical (unpaired) electrons. The van der Waals surface area contributed by atoms with Crippen molar-refractivity contribution in [2.45, 2.75) is 36.6 Å². The first-order chi connectivity index (χ1) is 12.7. The van der Waals surface area contributed by atoms with Gasteiger partial charge in [-0.3, -0.25) is 9.52 Å². The summed E-state index contributed by atoms with van der Waals surface area (Å²) in [6.45, 7) is 0. The Kier molecular flexibility index (Phi) is 5.68. The van der Waals surface area contributed by atoms with Crippen molar-refractivity contribution in [2.75, 3.05) is 11.8 Å². The average molecular weight is 478 g/mol. The number of aromatic hydroxyl groups is 1. The van der Waals surface area contributed by atoms with Crippen molar-refractivity contribution in [1.29, 1.82) is 0 Å². The van der Waals surface area contributed by atoms with Crippen LogP contribution in [0.2, 0.25) is 5.02 Å². The molecule has 0 unspecified atom stereocenters. The number of carbonyl (C=O) groups excluding carboxylic acids is 1. The molecule has 0 aliphatic heterocycles. The van der Waals surface area contributed by atoms with Gasteiger partial charge in [0.1, 0.15) is 4.90 Å². The molecule has 1 aliphatic carbocycles. The number of nitrogens with zero attached hydrogens (tertiary/aromatic N) is 2. The maximum absolute atomic E-state index is 12.7. The van der Waals surface area contributed by atoms with E-state index in [2.05, 4.69) is 31.0 Å². The summed E-state index contributed by atoms with van der Waals surface area (Å²) in [7, 11) is -2.68. The minimum absolute atomic E-state index is 0.00371. The summed E-state index contributed by atoms with van der Waals surface area (Å²) >= 11 is 9.01. The number of halogens is 2. The number of nitrogens with one attached hydrogen (secondary N) is 2. The molecule has 1 saturated carbocycles. The van der Waals surface area contributed by atoms with Crippen LogP contribution < -0.4 is 10.0 Å². The topological polar surface area (TPSA) is 113 Å². The predicted octanol–water partition coefficient (Wildman–Crippen LogP) is 3.28. The fraction of sp³-hybridized carbons (Fsp3) is 0.375. The molecule has 0 atom stereocenters. The van der Waals surface area contributed by atoms with Gasteiger partial charge >= 0.3 is 0 Å². The van der Waals surface area contributed by atoms with Crippen LogP contribution in [0.15, 0.2) is 27.7 Å². The van der Waals surface area contributed by atoms with Gasteiger partial charge in [0, 0.05) is 23.8 Å². The number of rotatable bonds is 5. The second-order valence-corrected chi connectivity index (χ2v) is 9.19. The smallest absolute Gasteiger partial charge is 0.287 e. The molecule has 0 bridgehead atoms. The second kappa shape index (κ2) is 7.69. The van der Waals surface area contributed by atoms with E-state index in [1.54, 1.807) is 4.57 Å². The van der Waals surface area contributed by atoms with Crippen LogP contribution in [-0.2, 0) is 10.0 Å². The van der Waals surface area contributed by atoms with Gasteiger partial charge in [0.05, 0.1) is 5.02 Å². The van der Waals surface area contributed by atoms with E-state index in [9.17, 15) is 18.3 Å². The predicted molar refractivity (Wildman–Crippen MR) is 105 cm³/mol. The Bertz CT molecular complexity index is 987. The fourth-order valence-corrected chi connectivity index (χ4v) is 5.27.